The minimum atomic E-state index is -0.556. The van der Waals surface area contributed by atoms with Gasteiger partial charge >= 0.3 is 0 Å². The molecule has 0 N–H and O–H groups in total. The van der Waals surface area contributed by atoms with E-state index >= 15 is 0 Å². The van der Waals surface area contributed by atoms with Crippen LogP contribution in [0.2, 0.25) is 10.0 Å². The third kappa shape index (κ3) is 1.55. The van der Waals surface area contributed by atoms with E-state index in [0.717, 1.165) is 5.56 Å². The van der Waals surface area contributed by atoms with Gasteiger partial charge in [0.25, 0.3) is 0 Å². The molecule has 2 atom stereocenters. The number of ketones is 1. The molecule has 2 aromatic carbocycles. The van der Waals surface area contributed by atoms with Gasteiger partial charge in [0.15, 0.2) is 5.78 Å². The molecule has 0 saturated heterocycles. The summed E-state index contributed by atoms with van der Waals surface area (Å²) in [5.41, 5.74) is 1.03. The number of benzene rings is 2. The average molecular weight is 305 g/mol. The maximum absolute atomic E-state index is 12.4. The molecule has 20 heavy (non-hydrogen) atoms. The van der Waals surface area contributed by atoms with E-state index in [4.69, 9.17) is 27.9 Å². The van der Waals surface area contributed by atoms with E-state index in [2.05, 4.69) is 0 Å². The molecule has 1 fully saturated rings. The fourth-order valence-electron chi connectivity index (χ4n) is 2.94. The van der Waals surface area contributed by atoms with Crippen LogP contribution in [0, 0.1) is 5.92 Å². The van der Waals surface area contributed by atoms with E-state index in [0.29, 0.717) is 27.8 Å². The van der Waals surface area contributed by atoms with Crippen LogP contribution >= 0.6 is 23.2 Å². The van der Waals surface area contributed by atoms with Crippen LogP contribution in [0.3, 0.4) is 0 Å². The van der Waals surface area contributed by atoms with Crippen LogP contribution in [0.5, 0.6) is 5.75 Å². The lowest BCUT2D eigenvalue weighted by Crippen LogP contribution is -2.27. The van der Waals surface area contributed by atoms with Gasteiger partial charge in [0.05, 0.1) is 21.5 Å². The Labute approximate surface area is 126 Å². The first-order valence-electron chi connectivity index (χ1n) is 6.39. The molecule has 1 aliphatic carbocycles. The number of ether oxygens (including phenoxy) is 1. The smallest absolute Gasteiger partial charge is 0.174 e. The highest BCUT2D eigenvalue weighted by Gasteiger charge is 2.64. The van der Waals surface area contributed by atoms with Gasteiger partial charge < -0.3 is 4.74 Å². The number of fused-ring (bicyclic) bond motifs is 2. The number of carbonyl (C=O) groups excluding carboxylic acids is 1. The topological polar surface area (TPSA) is 26.3 Å². The SMILES string of the molecule is O=C1c2ccccc2OC2(c3ccc(Cl)c(Cl)c3)CC12. The number of halogens is 2. The summed E-state index contributed by atoms with van der Waals surface area (Å²) in [6, 6.07) is 12.8. The first kappa shape index (κ1) is 12.2. The normalized spacial score (nSPS) is 26.5. The van der Waals surface area contributed by atoms with Crippen LogP contribution in [0.15, 0.2) is 42.5 Å². The van der Waals surface area contributed by atoms with Crippen LogP contribution in [0.25, 0.3) is 0 Å². The summed E-state index contributed by atoms with van der Waals surface area (Å²) >= 11 is 12.0. The summed E-state index contributed by atoms with van der Waals surface area (Å²) in [6.07, 6.45) is 0.693. The third-order valence-electron chi connectivity index (χ3n) is 4.08. The Hall–Kier alpha value is -1.51. The summed E-state index contributed by atoms with van der Waals surface area (Å²) in [5, 5.41) is 0.991. The predicted octanol–water partition coefficient (Wildman–Crippen LogP) is 4.48. The van der Waals surface area contributed by atoms with Gasteiger partial charge in [0.1, 0.15) is 11.4 Å². The van der Waals surface area contributed by atoms with E-state index in [1.807, 2.05) is 30.3 Å². The van der Waals surface area contributed by atoms with Crippen LogP contribution in [0.4, 0.5) is 0 Å². The second-order valence-electron chi connectivity index (χ2n) is 5.24. The van der Waals surface area contributed by atoms with Gasteiger partial charge in [-0.05, 0) is 29.8 Å². The zero-order valence-corrected chi connectivity index (χ0v) is 11.9. The molecule has 100 valence electrons. The fraction of sp³-hybridized carbons (Fsp3) is 0.188. The van der Waals surface area contributed by atoms with E-state index in [9.17, 15) is 4.79 Å². The average Bonchev–Trinajstić information content (AvgIpc) is 3.18. The molecule has 0 amide bonds. The zero-order valence-electron chi connectivity index (χ0n) is 10.4. The summed E-state index contributed by atoms with van der Waals surface area (Å²) in [4.78, 5) is 12.4. The van der Waals surface area contributed by atoms with Crippen LogP contribution in [0.1, 0.15) is 22.3 Å². The minimum Gasteiger partial charge on any atom is -0.481 e. The van der Waals surface area contributed by atoms with E-state index < -0.39 is 5.60 Å². The van der Waals surface area contributed by atoms with Gasteiger partial charge in [-0.15, -0.1) is 0 Å². The highest BCUT2D eigenvalue weighted by atomic mass is 35.5. The van der Waals surface area contributed by atoms with Crippen molar-refractivity contribution in [1.29, 1.82) is 0 Å². The fourth-order valence-corrected chi connectivity index (χ4v) is 3.24. The molecule has 2 aliphatic rings. The molecule has 1 saturated carbocycles. The third-order valence-corrected chi connectivity index (χ3v) is 4.82. The van der Waals surface area contributed by atoms with Gasteiger partial charge in [-0.3, -0.25) is 4.79 Å². The standard InChI is InChI=1S/C16H10Cl2O2/c17-12-6-5-9(7-13(12)18)16-8-11(16)15(19)10-3-1-2-4-14(10)20-16/h1-7,11H,8H2. The number of carbonyl (C=O) groups is 1. The Morgan fingerprint density at radius 3 is 2.70 bits per heavy atom. The van der Waals surface area contributed by atoms with Gasteiger partial charge in [-0.25, -0.2) is 0 Å². The Morgan fingerprint density at radius 2 is 1.90 bits per heavy atom. The maximum Gasteiger partial charge on any atom is 0.174 e. The molecule has 0 radical (unpaired) electrons. The second kappa shape index (κ2) is 4.00. The predicted molar refractivity (Wildman–Crippen MR) is 77.6 cm³/mol. The van der Waals surface area contributed by atoms with Crippen molar-refractivity contribution in [3.63, 3.8) is 0 Å². The lowest BCUT2D eigenvalue weighted by molar-refractivity contribution is 0.0824. The summed E-state index contributed by atoms with van der Waals surface area (Å²) < 4.78 is 6.12. The van der Waals surface area contributed by atoms with Crippen molar-refractivity contribution in [2.75, 3.05) is 0 Å². The molecule has 4 heteroatoms. The molecule has 1 heterocycles. The number of hydrogen-bond donors (Lipinski definition) is 0. The monoisotopic (exact) mass is 304 g/mol. The van der Waals surface area contributed by atoms with Crippen LogP contribution in [-0.4, -0.2) is 5.78 Å². The number of Topliss-reactive ketones (excluding diaryl/α,β-unsaturated/α-hetero) is 1. The molecule has 0 spiro atoms. The molecule has 2 nitrogen and oxygen atoms in total. The van der Waals surface area contributed by atoms with E-state index in [1.165, 1.54) is 0 Å². The van der Waals surface area contributed by atoms with Crippen molar-refractivity contribution < 1.29 is 9.53 Å². The molecular weight excluding hydrogens is 295 g/mol. The molecule has 0 bridgehead atoms. The van der Waals surface area contributed by atoms with Crippen molar-refractivity contribution in [3.8, 4) is 5.75 Å². The summed E-state index contributed by atoms with van der Waals surface area (Å²) in [5.74, 6) is 0.685. The van der Waals surface area contributed by atoms with E-state index in [-0.39, 0.29) is 11.7 Å². The van der Waals surface area contributed by atoms with Crippen LogP contribution in [-0.2, 0) is 5.60 Å². The van der Waals surface area contributed by atoms with E-state index in [1.54, 1.807) is 12.1 Å². The van der Waals surface area contributed by atoms with Crippen molar-refractivity contribution in [2.45, 2.75) is 12.0 Å². The van der Waals surface area contributed by atoms with Crippen molar-refractivity contribution >= 4 is 29.0 Å². The number of hydrogen-bond acceptors (Lipinski definition) is 2. The molecule has 4 rings (SSSR count). The zero-order chi connectivity index (χ0) is 13.9. The lowest BCUT2D eigenvalue weighted by atomic mass is 9.96. The highest BCUT2D eigenvalue weighted by molar-refractivity contribution is 6.42. The van der Waals surface area contributed by atoms with Crippen molar-refractivity contribution in [3.05, 3.63) is 63.6 Å². The summed E-state index contributed by atoms with van der Waals surface area (Å²) in [6.45, 7) is 0. The maximum atomic E-state index is 12.4. The Balaban J connectivity index is 1.82. The molecule has 2 aromatic rings. The summed E-state index contributed by atoms with van der Waals surface area (Å²) in [7, 11) is 0. The molecule has 1 aliphatic heterocycles. The minimum absolute atomic E-state index is 0.116. The van der Waals surface area contributed by atoms with Crippen LogP contribution < -0.4 is 4.74 Å². The lowest BCUT2D eigenvalue weighted by Gasteiger charge is -2.26. The second-order valence-corrected chi connectivity index (χ2v) is 6.05. The van der Waals surface area contributed by atoms with Gasteiger partial charge in [0, 0.05) is 6.42 Å². The van der Waals surface area contributed by atoms with Gasteiger partial charge in [0.2, 0.25) is 0 Å². The van der Waals surface area contributed by atoms with Crippen molar-refractivity contribution in [1.82, 2.24) is 0 Å². The number of rotatable bonds is 1. The van der Waals surface area contributed by atoms with Crippen molar-refractivity contribution in [2.24, 2.45) is 5.92 Å². The molecular formula is C16H10Cl2O2. The Kier molecular flexibility index (Phi) is 2.45. The molecule has 2 unspecified atom stereocenters. The quantitative estimate of drug-likeness (QED) is 0.776. The Morgan fingerprint density at radius 1 is 1.10 bits per heavy atom. The first-order chi connectivity index (χ1) is 9.62. The van der Waals surface area contributed by atoms with Gasteiger partial charge in [-0.2, -0.15) is 0 Å². The Bertz CT molecular complexity index is 741. The molecule has 0 aromatic heterocycles. The van der Waals surface area contributed by atoms with Gasteiger partial charge in [-0.1, -0.05) is 41.4 Å². The largest absolute Gasteiger partial charge is 0.481 e. The highest BCUT2D eigenvalue weighted by Crippen LogP contribution is 2.60. The first-order valence-corrected chi connectivity index (χ1v) is 7.15. The number of para-hydroxylation sites is 1.